The first-order valence-electron chi connectivity index (χ1n) is 20.1. The molecular formula is C52H32N6O2S2. The first-order valence-corrected chi connectivity index (χ1v) is 21.8. The summed E-state index contributed by atoms with van der Waals surface area (Å²) in [4.78, 5) is 22.6. The van der Waals surface area contributed by atoms with Crippen LogP contribution >= 0.6 is 22.7 Å². The van der Waals surface area contributed by atoms with E-state index in [4.69, 9.17) is 8.83 Å². The highest BCUT2D eigenvalue weighted by Gasteiger charge is 2.20. The number of aromatic nitrogens is 4. The highest BCUT2D eigenvalue weighted by atomic mass is 32.1. The van der Waals surface area contributed by atoms with E-state index in [2.05, 4.69) is 186 Å². The smallest absolute Gasteiger partial charge is 0.247 e. The predicted molar refractivity (Wildman–Crippen MR) is 254 cm³/mol. The van der Waals surface area contributed by atoms with Gasteiger partial charge in [-0.15, -0.1) is 22.7 Å². The van der Waals surface area contributed by atoms with Gasteiger partial charge >= 0.3 is 0 Å². The first kappa shape index (κ1) is 36.0. The van der Waals surface area contributed by atoms with Crippen molar-refractivity contribution in [2.45, 2.75) is 0 Å². The maximum absolute atomic E-state index is 5.99. The van der Waals surface area contributed by atoms with Crippen molar-refractivity contribution in [3.8, 4) is 34.0 Å². The summed E-state index contributed by atoms with van der Waals surface area (Å²) in [6.07, 6.45) is 3.43. The molecule has 6 aromatic heterocycles. The minimum atomic E-state index is 0.530. The van der Waals surface area contributed by atoms with Crippen LogP contribution in [0.1, 0.15) is 0 Å². The number of fused-ring (bicyclic) bond motifs is 4. The van der Waals surface area contributed by atoms with Gasteiger partial charge in [0.2, 0.25) is 23.2 Å². The molecule has 12 rings (SSSR count). The third-order valence-corrected chi connectivity index (χ3v) is 13.0. The molecule has 0 aliphatic carbocycles. The van der Waals surface area contributed by atoms with E-state index in [0.717, 1.165) is 67.4 Å². The molecule has 0 aliphatic rings. The van der Waals surface area contributed by atoms with Gasteiger partial charge in [-0.2, -0.15) is 0 Å². The standard InChI is InChI=1S/C52H32N6O2S2/c1-5-35-27-31-61-47(35)45(9-1)57(41-23-15-37(16-24-41)49-55-43-7-3-29-53-51(43)59-49)39-19-11-33(12-20-39)34-13-21-40(22-14-34)58(46-10-2-6-36-28-32-62-48(36)46)42-25-17-38(18-26-42)50-56-44-8-4-30-54-52(44)60-50/h1-32H. The van der Waals surface area contributed by atoms with Crippen molar-refractivity contribution >= 4 is 99.4 Å². The number of pyridine rings is 2. The SMILES string of the molecule is c1cc(N(c2ccc(-c3ccc(N(c4ccc(-c5nc6cccnc6o5)cc4)c4cccc5ccsc45)cc3)cc2)c2ccc(-c3nc4cccnc4o3)cc2)c2sccc2c1. The van der Waals surface area contributed by atoms with Gasteiger partial charge in [0.25, 0.3) is 0 Å². The molecule has 8 nitrogen and oxygen atoms in total. The van der Waals surface area contributed by atoms with Gasteiger partial charge in [0, 0.05) is 46.3 Å². The minimum absolute atomic E-state index is 0.530. The van der Waals surface area contributed by atoms with E-state index < -0.39 is 0 Å². The lowest BCUT2D eigenvalue weighted by Crippen LogP contribution is -2.10. The number of hydrogen-bond acceptors (Lipinski definition) is 10. The van der Waals surface area contributed by atoms with Crippen molar-refractivity contribution in [2.75, 3.05) is 9.80 Å². The summed E-state index contributed by atoms with van der Waals surface area (Å²) >= 11 is 3.50. The Balaban J connectivity index is 0.876. The van der Waals surface area contributed by atoms with Crippen molar-refractivity contribution in [3.63, 3.8) is 0 Å². The Morgan fingerprint density at radius 1 is 0.371 bits per heavy atom. The third kappa shape index (κ3) is 6.37. The van der Waals surface area contributed by atoms with Gasteiger partial charge in [-0.25, -0.2) is 19.9 Å². The van der Waals surface area contributed by atoms with Gasteiger partial charge in [0.1, 0.15) is 11.0 Å². The second-order valence-corrected chi connectivity index (χ2v) is 16.6. The van der Waals surface area contributed by atoms with Gasteiger partial charge in [0.15, 0.2) is 0 Å². The summed E-state index contributed by atoms with van der Waals surface area (Å²) in [5.41, 5.74) is 13.0. The fourth-order valence-electron chi connectivity index (χ4n) is 8.06. The molecule has 0 amide bonds. The Morgan fingerprint density at radius 2 is 0.758 bits per heavy atom. The number of benzene rings is 6. The highest BCUT2D eigenvalue weighted by molar-refractivity contribution is 7.18. The Kier molecular flexibility index (Phi) is 8.68. The summed E-state index contributed by atoms with van der Waals surface area (Å²) < 4.78 is 14.4. The predicted octanol–water partition coefficient (Wildman–Crippen LogP) is 15.1. The maximum atomic E-state index is 5.99. The molecule has 0 bridgehead atoms. The Morgan fingerprint density at radius 3 is 1.15 bits per heavy atom. The lowest BCUT2D eigenvalue weighted by Gasteiger charge is -2.27. The van der Waals surface area contributed by atoms with E-state index >= 15 is 0 Å². The molecular weight excluding hydrogens is 805 g/mol. The third-order valence-electron chi connectivity index (χ3n) is 11.1. The topological polar surface area (TPSA) is 84.3 Å². The quantitative estimate of drug-likeness (QED) is 0.142. The minimum Gasteiger partial charge on any atom is -0.418 e. The number of anilines is 6. The molecule has 294 valence electrons. The van der Waals surface area contributed by atoms with E-state index in [1.165, 1.54) is 20.2 Å². The summed E-state index contributed by atoms with van der Waals surface area (Å²) in [7, 11) is 0. The Bertz CT molecular complexity index is 3230. The average molecular weight is 837 g/mol. The Hall–Kier alpha value is -7.92. The Labute approximate surface area is 363 Å². The van der Waals surface area contributed by atoms with E-state index in [1.54, 1.807) is 35.1 Å². The van der Waals surface area contributed by atoms with Gasteiger partial charge in [0.05, 0.1) is 20.8 Å². The zero-order valence-electron chi connectivity index (χ0n) is 32.8. The van der Waals surface area contributed by atoms with E-state index in [0.29, 0.717) is 23.2 Å². The summed E-state index contributed by atoms with van der Waals surface area (Å²) in [6.45, 7) is 0. The van der Waals surface area contributed by atoms with E-state index in [-0.39, 0.29) is 0 Å². The molecule has 0 aliphatic heterocycles. The molecule has 0 atom stereocenters. The van der Waals surface area contributed by atoms with Crippen LogP contribution in [0.15, 0.2) is 202 Å². The van der Waals surface area contributed by atoms with Crippen molar-refractivity contribution in [3.05, 3.63) is 193 Å². The van der Waals surface area contributed by atoms with Gasteiger partial charge in [-0.3, -0.25) is 0 Å². The molecule has 0 spiro atoms. The van der Waals surface area contributed by atoms with Crippen LogP contribution in [-0.4, -0.2) is 19.9 Å². The summed E-state index contributed by atoms with van der Waals surface area (Å²) in [6, 6.07) is 59.2. The van der Waals surface area contributed by atoms with Crippen LogP contribution in [0, 0.1) is 0 Å². The normalized spacial score (nSPS) is 11.5. The van der Waals surface area contributed by atoms with Crippen molar-refractivity contribution < 1.29 is 8.83 Å². The second-order valence-electron chi connectivity index (χ2n) is 14.8. The molecule has 0 N–H and O–H groups in total. The second kappa shape index (κ2) is 15.0. The fraction of sp³-hybridized carbons (Fsp3) is 0. The lowest BCUT2D eigenvalue weighted by atomic mass is 10.0. The van der Waals surface area contributed by atoms with Crippen LogP contribution in [0.3, 0.4) is 0 Å². The van der Waals surface area contributed by atoms with Gasteiger partial charge in [-0.1, -0.05) is 48.5 Å². The van der Waals surface area contributed by atoms with Gasteiger partial charge in [-0.05, 0) is 154 Å². The van der Waals surface area contributed by atoms with Crippen LogP contribution in [0.4, 0.5) is 34.1 Å². The zero-order valence-corrected chi connectivity index (χ0v) is 34.4. The largest absolute Gasteiger partial charge is 0.418 e. The highest BCUT2D eigenvalue weighted by Crippen LogP contribution is 2.44. The zero-order chi connectivity index (χ0) is 41.0. The van der Waals surface area contributed by atoms with Crippen LogP contribution in [0.5, 0.6) is 0 Å². The molecule has 6 heterocycles. The van der Waals surface area contributed by atoms with E-state index in [1.807, 2.05) is 24.3 Å². The molecule has 0 saturated carbocycles. The molecule has 0 saturated heterocycles. The number of oxazole rings is 2. The van der Waals surface area contributed by atoms with Crippen LogP contribution < -0.4 is 9.80 Å². The molecule has 10 heteroatoms. The summed E-state index contributed by atoms with van der Waals surface area (Å²) in [5.74, 6) is 1.10. The lowest BCUT2D eigenvalue weighted by molar-refractivity contribution is 0.607. The van der Waals surface area contributed by atoms with Crippen molar-refractivity contribution in [1.82, 2.24) is 19.9 Å². The van der Waals surface area contributed by atoms with Crippen molar-refractivity contribution in [1.29, 1.82) is 0 Å². The molecule has 12 aromatic rings. The van der Waals surface area contributed by atoms with Crippen LogP contribution in [0.2, 0.25) is 0 Å². The molecule has 0 radical (unpaired) electrons. The van der Waals surface area contributed by atoms with Crippen LogP contribution in [-0.2, 0) is 0 Å². The fourth-order valence-corrected chi connectivity index (χ4v) is 9.87. The molecule has 6 aromatic carbocycles. The number of rotatable bonds is 9. The number of nitrogens with zero attached hydrogens (tertiary/aromatic N) is 6. The van der Waals surface area contributed by atoms with Crippen molar-refractivity contribution in [2.24, 2.45) is 0 Å². The average Bonchev–Trinajstić information content (AvgIpc) is 4.17. The monoisotopic (exact) mass is 836 g/mol. The van der Waals surface area contributed by atoms with E-state index in [9.17, 15) is 0 Å². The molecule has 0 fully saturated rings. The van der Waals surface area contributed by atoms with Crippen LogP contribution in [0.25, 0.3) is 76.7 Å². The maximum Gasteiger partial charge on any atom is 0.247 e. The first-order chi connectivity index (χ1) is 30.7. The molecule has 62 heavy (non-hydrogen) atoms. The van der Waals surface area contributed by atoms with Gasteiger partial charge < -0.3 is 18.6 Å². The number of hydrogen-bond donors (Lipinski definition) is 0. The summed E-state index contributed by atoms with van der Waals surface area (Å²) in [5, 5.41) is 6.73. The number of thiophene rings is 2. The molecule has 0 unspecified atom stereocenters.